The molecule has 0 heterocycles. The Morgan fingerprint density at radius 3 is 2.39 bits per heavy atom. The van der Waals surface area contributed by atoms with E-state index >= 15 is 0 Å². The van der Waals surface area contributed by atoms with Crippen molar-refractivity contribution in [2.75, 3.05) is 7.11 Å². The number of methoxy groups -OCH3 is 1. The van der Waals surface area contributed by atoms with Crippen LogP contribution in [0.1, 0.15) is 30.0 Å². The van der Waals surface area contributed by atoms with E-state index in [0.717, 1.165) is 22.4 Å². The Hall–Kier alpha value is -1.84. The van der Waals surface area contributed by atoms with Crippen molar-refractivity contribution in [3.8, 4) is 5.75 Å². The fourth-order valence-corrected chi connectivity index (χ4v) is 1.66. The summed E-state index contributed by atoms with van der Waals surface area (Å²) in [7, 11) is 1.60. The first-order chi connectivity index (χ1) is 8.43. The highest BCUT2D eigenvalue weighted by Gasteiger charge is 2.09. The minimum Gasteiger partial charge on any atom is -0.496 e. The number of amides is 1. The fourth-order valence-electron chi connectivity index (χ4n) is 1.66. The van der Waals surface area contributed by atoms with Gasteiger partial charge in [0.05, 0.1) is 13.5 Å². The van der Waals surface area contributed by atoms with Crippen LogP contribution in [0.5, 0.6) is 5.75 Å². The summed E-state index contributed by atoms with van der Waals surface area (Å²) >= 11 is 0. The van der Waals surface area contributed by atoms with Crippen LogP contribution in [-0.4, -0.2) is 18.8 Å². The quantitative estimate of drug-likeness (QED) is 0.811. The third kappa shape index (κ3) is 3.87. The van der Waals surface area contributed by atoms with Gasteiger partial charge in [0.15, 0.2) is 0 Å². The van der Waals surface area contributed by atoms with E-state index in [1.807, 2.05) is 26.0 Å². The van der Waals surface area contributed by atoms with E-state index in [1.54, 1.807) is 7.11 Å². The Kier molecular flexibility index (Phi) is 4.89. The first-order valence-corrected chi connectivity index (χ1v) is 5.84. The summed E-state index contributed by atoms with van der Waals surface area (Å²) in [6.45, 7) is 5.79. The molecule has 1 aromatic rings. The number of ether oxygens (including phenoxy) is 1. The molecule has 0 aliphatic rings. The molecule has 1 aromatic carbocycles. The molecule has 1 N–H and O–H groups in total. The van der Waals surface area contributed by atoms with Crippen LogP contribution in [-0.2, 0) is 16.1 Å². The van der Waals surface area contributed by atoms with E-state index in [0.29, 0.717) is 6.54 Å². The van der Waals surface area contributed by atoms with Gasteiger partial charge >= 0.3 is 0 Å². The van der Waals surface area contributed by atoms with E-state index in [2.05, 4.69) is 5.32 Å². The van der Waals surface area contributed by atoms with Crippen LogP contribution >= 0.6 is 0 Å². The second-order valence-electron chi connectivity index (χ2n) is 4.40. The van der Waals surface area contributed by atoms with Gasteiger partial charge in [-0.05, 0) is 38.0 Å². The molecule has 0 atom stereocenters. The van der Waals surface area contributed by atoms with Gasteiger partial charge in [-0.25, -0.2) is 0 Å². The molecule has 0 saturated carbocycles. The number of nitrogens with one attached hydrogen (secondary N) is 1. The zero-order chi connectivity index (χ0) is 13.7. The van der Waals surface area contributed by atoms with E-state index in [-0.39, 0.29) is 18.1 Å². The van der Waals surface area contributed by atoms with Crippen molar-refractivity contribution in [3.63, 3.8) is 0 Å². The predicted molar refractivity (Wildman–Crippen MR) is 69.6 cm³/mol. The lowest BCUT2D eigenvalue weighted by molar-refractivity contribution is -0.127. The zero-order valence-electron chi connectivity index (χ0n) is 11.3. The topological polar surface area (TPSA) is 55.4 Å². The Morgan fingerprint density at radius 1 is 1.22 bits per heavy atom. The summed E-state index contributed by atoms with van der Waals surface area (Å²) in [4.78, 5) is 22.2. The van der Waals surface area contributed by atoms with Crippen LogP contribution in [0, 0.1) is 13.8 Å². The highest BCUT2D eigenvalue weighted by atomic mass is 16.5. The molecule has 0 saturated heterocycles. The van der Waals surface area contributed by atoms with Gasteiger partial charge in [0.1, 0.15) is 11.5 Å². The standard InChI is InChI=1S/C14H19NO3/c1-9-5-12(13(18-4)6-10(9)2)8-15-14(17)7-11(3)16/h5-6H,7-8H2,1-4H3,(H,15,17). The van der Waals surface area contributed by atoms with Crippen molar-refractivity contribution in [2.45, 2.75) is 33.7 Å². The van der Waals surface area contributed by atoms with Gasteiger partial charge in [-0.3, -0.25) is 9.59 Å². The van der Waals surface area contributed by atoms with Crippen molar-refractivity contribution in [1.82, 2.24) is 5.32 Å². The van der Waals surface area contributed by atoms with E-state index in [9.17, 15) is 9.59 Å². The molecule has 0 unspecified atom stereocenters. The van der Waals surface area contributed by atoms with Gasteiger partial charge in [0.25, 0.3) is 0 Å². The van der Waals surface area contributed by atoms with Crippen molar-refractivity contribution in [2.24, 2.45) is 0 Å². The molecule has 4 heteroatoms. The van der Waals surface area contributed by atoms with Gasteiger partial charge in [-0.2, -0.15) is 0 Å². The summed E-state index contributed by atoms with van der Waals surface area (Å²) in [5.74, 6) is 0.351. The highest BCUT2D eigenvalue weighted by molar-refractivity contribution is 5.96. The highest BCUT2D eigenvalue weighted by Crippen LogP contribution is 2.22. The molecule has 98 valence electrons. The Labute approximate surface area is 107 Å². The lowest BCUT2D eigenvalue weighted by Crippen LogP contribution is -2.24. The second-order valence-corrected chi connectivity index (χ2v) is 4.40. The first-order valence-electron chi connectivity index (χ1n) is 5.84. The average Bonchev–Trinajstić information content (AvgIpc) is 2.29. The number of Topliss-reactive ketones (excluding diaryl/α,β-unsaturated/α-hetero) is 1. The molecule has 0 aliphatic carbocycles. The Bertz CT molecular complexity index is 466. The number of hydrogen-bond donors (Lipinski definition) is 1. The maximum atomic E-state index is 11.4. The van der Waals surface area contributed by atoms with Crippen LogP contribution in [0.15, 0.2) is 12.1 Å². The molecule has 0 fully saturated rings. The van der Waals surface area contributed by atoms with Crippen LogP contribution < -0.4 is 10.1 Å². The number of aryl methyl sites for hydroxylation is 2. The van der Waals surface area contributed by atoms with Gasteiger partial charge in [0.2, 0.25) is 5.91 Å². The minimum atomic E-state index is -0.261. The first kappa shape index (κ1) is 14.2. The van der Waals surface area contributed by atoms with Crippen molar-refractivity contribution in [3.05, 3.63) is 28.8 Å². The molecule has 0 aromatic heterocycles. The molecule has 0 bridgehead atoms. The average molecular weight is 249 g/mol. The molecular weight excluding hydrogens is 230 g/mol. The number of carbonyl (C=O) groups excluding carboxylic acids is 2. The van der Waals surface area contributed by atoms with E-state index in [4.69, 9.17) is 4.74 Å². The number of carbonyl (C=O) groups is 2. The summed E-state index contributed by atoms with van der Waals surface area (Å²) in [5, 5.41) is 2.71. The fraction of sp³-hybridized carbons (Fsp3) is 0.429. The van der Waals surface area contributed by atoms with Crippen molar-refractivity contribution >= 4 is 11.7 Å². The summed E-state index contributed by atoms with van der Waals surface area (Å²) in [6.07, 6.45) is -0.0762. The third-order valence-electron chi connectivity index (χ3n) is 2.78. The number of ketones is 1. The predicted octanol–water partition coefficient (Wildman–Crippen LogP) is 1.91. The largest absolute Gasteiger partial charge is 0.496 e. The normalized spacial score (nSPS) is 10.0. The summed E-state index contributed by atoms with van der Waals surface area (Å²) in [6, 6.07) is 3.93. The molecule has 4 nitrogen and oxygen atoms in total. The molecule has 18 heavy (non-hydrogen) atoms. The molecule has 0 spiro atoms. The van der Waals surface area contributed by atoms with E-state index < -0.39 is 0 Å². The van der Waals surface area contributed by atoms with Crippen LogP contribution in [0.4, 0.5) is 0 Å². The number of hydrogen-bond acceptors (Lipinski definition) is 3. The van der Waals surface area contributed by atoms with Crippen LogP contribution in [0.25, 0.3) is 0 Å². The van der Waals surface area contributed by atoms with Crippen molar-refractivity contribution in [1.29, 1.82) is 0 Å². The van der Waals surface area contributed by atoms with Crippen molar-refractivity contribution < 1.29 is 14.3 Å². The molecule has 0 radical (unpaired) electrons. The van der Waals surface area contributed by atoms with Gasteiger partial charge in [-0.15, -0.1) is 0 Å². The van der Waals surface area contributed by atoms with Crippen LogP contribution in [0.3, 0.4) is 0 Å². The minimum absolute atomic E-state index is 0.0762. The van der Waals surface area contributed by atoms with Gasteiger partial charge < -0.3 is 10.1 Å². The lowest BCUT2D eigenvalue weighted by atomic mass is 10.0. The SMILES string of the molecule is COc1cc(C)c(C)cc1CNC(=O)CC(C)=O. The maximum Gasteiger partial charge on any atom is 0.227 e. The lowest BCUT2D eigenvalue weighted by Gasteiger charge is -2.12. The Morgan fingerprint density at radius 2 is 1.83 bits per heavy atom. The molecule has 1 rings (SSSR count). The zero-order valence-corrected chi connectivity index (χ0v) is 11.3. The maximum absolute atomic E-state index is 11.4. The van der Waals surface area contributed by atoms with E-state index in [1.165, 1.54) is 6.92 Å². The van der Waals surface area contributed by atoms with Gasteiger partial charge in [0, 0.05) is 12.1 Å². The van der Waals surface area contributed by atoms with Crippen LogP contribution in [0.2, 0.25) is 0 Å². The smallest absolute Gasteiger partial charge is 0.227 e. The summed E-state index contributed by atoms with van der Waals surface area (Å²) < 4.78 is 5.28. The number of benzene rings is 1. The molecule has 1 amide bonds. The third-order valence-corrected chi connectivity index (χ3v) is 2.78. The second kappa shape index (κ2) is 6.19. The summed E-state index contributed by atoms with van der Waals surface area (Å²) in [5.41, 5.74) is 3.20. The van der Waals surface area contributed by atoms with Gasteiger partial charge in [-0.1, -0.05) is 6.07 Å². The molecule has 0 aliphatic heterocycles. The number of rotatable bonds is 5. The monoisotopic (exact) mass is 249 g/mol. The Balaban J connectivity index is 2.75. The molecular formula is C14H19NO3.